The van der Waals surface area contributed by atoms with Crippen molar-refractivity contribution in [3.63, 3.8) is 0 Å². The second kappa shape index (κ2) is 10.2. The Morgan fingerprint density at radius 3 is 2.68 bits per heavy atom. The average Bonchev–Trinajstić information content (AvgIpc) is 3.35. The normalized spacial score (nSPS) is 17.8. The van der Waals surface area contributed by atoms with E-state index in [4.69, 9.17) is 9.72 Å². The van der Waals surface area contributed by atoms with E-state index >= 15 is 0 Å². The van der Waals surface area contributed by atoms with Crippen molar-refractivity contribution < 1.29 is 9.53 Å². The van der Waals surface area contributed by atoms with Crippen molar-refractivity contribution in [3.8, 4) is 0 Å². The van der Waals surface area contributed by atoms with Crippen molar-refractivity contribution in [1.29, 1.82) is 0 Å². The lowest BCUT2D eigenvalue weighted by molar-refractivity contribution is -0.127. The van der Waals surface area contributed by atoms with E-state index in [1.807, 2.05) is 4.90 Å². The number of nitrogens with one attached hydrogen (secondary N) is 2. The molecule has 1 amide bonds. The van der Waals surface area contributed by atoms with Crippen LogP contribution in [-0.4, -0.2) is 94.3 Å². The highest BCUT2D eigenvalue weighted by Gasteiger charge is 2.20. The number of imidazole rings is 1. The monoisotopic (exact) mass is 430 g/mol. The fourth-order valence-corrected chi connectivity index (χ4v) is 4.22. The van der Waals surface area contributed by atoms with Gasteiger partial charge in [0, 0.05) is 58.3 Å². The molecule has 2 aromatic heterocycles. The van der Waals surface area contributed by atoms with Crippen LogP contribution in [0.25, 0.3) is 11.2 Å². The van der Waals surface area contributed by atoms with Gasteiger partial charge in [0.25, 0.3) is 0 Å². The molecule has 2 aliphatic heterocycles. The summed E-state index contributed by atoms with van der Waals surface area (Å²) in [7, 11) is 0. The van der Waals surface area contributed by atoms with E-state index in [1.165, 1.54) is 0 Å². The van der Waals surface area contributed by atoms with Gasteiger partial charge in [-0.05, 0) is 26.7 Å². The van der Waals surface area contributed by atoms with Crippen LogP contribution in [0.3, 0.4) is 0 Å². The Hall–Kier alpha value is -2.46. The Morgan fingerprint density at radius 2 is 1.94 bits per heavy atom. The molecular weight excluding hydrogens is 396 g/mol. The van der Waals surface area contributed by atoms with Crippen molar-refractivity contribution in [2.24, 2.45) is 0 Å². The molecule has 10 nitrogen and oxygen atoms in total. The topological polar surface area (TPSA) is 100 Å². The summed E-state index contributed by atoms with van der Waals surface area (Å²) >= 11 is 0. The number of ether oxygens (including phenoxy) is 1. The molecule has 4 heterocycles. The van der Waals surface area contributed by atoms with Crippen molar-refractivity contribution in [1.82, 2.24) is 29.3 Å². The molecule has 0 spiro atoms. The third kappa shape index (κ3) is 5.24. The van der Waals surface area contributed by atoms with Crippen LogP contribution in [0.5, 0.6) is 0 Å². The number of hydrogen-bond acceptors (Lipinski definition) is 8. The summed E-state index contributed by atoms with van der Waals surface area (Å²) < 4.78 is 7.55. The fraction of sp³-hybridized carbons (Fsp3) is 0.714. The summed E-state index contributed by atoms with van der Waals surface area (Å²) in [4.78, 5) is 29.9. The molecule has 170 valence electrons. The van der Waals surface area contributed by atoms with Crippen LogP contribution in [0.1, 0.15) is 39.2 Å². The van der Waals surface area contributed by atoms with Gasteiger partial charge >= 0.3 is 0 Å². The van der Waals surface area contributed by atoms with Gasteiger partial charge in [-0.15, -0.1) is 0 Å². The molecule has 2 saturated heterocycles. The number of carbonyl (C=O) groups is 1. The highest BCUT2D eigenvalue weighted by Crippen LogP contribution is 2.26. The molecule has 10 heteroatoms. The van der Waals surface area contributed by atoms with E-state index in [-0.39, 0.29) is 11.9 Å². The maximum atomic E-state index is 11.8. The van der Waals surface area contributed by atoms with Crippen LogP contribution < -0.4 is 10.6 Å². The van der Waals surface area contributed by atoms with Gasteiger partial charge < -0.3 is 20.3 Å². The number of aromatic nitrogens is 4. The van der Waals surface area contributed by atoms with Gasteiger partial charge in [0.15, 0.2) is 17.0 Å². The highest BCUT2D eigenvalue weighted by molar-refractivity contribution is 5.85. The Balaban J connectivity index is 1.39. The SMILES string of the molecule is CC(C)n1c(NCCN2CCOCC2)nc2c(NCCCN3CCCC3=O)ncnc21. The first kappa shape index (κ1) is 21.8. The number of anilines is 2. The second-order valence-corrected chi connectivity index (χ2v) is 8.44. The third-order valence-corrected chi connectivity index (χ3v) is 5.88. The summed E-state index contributed by atoms with van der Waals surface area (Å²) in [5.74, 6) is 1.84. The van der Waals surface area contributed by atoms with Crippen LogP contribution in [-0.2, 0) is 9.53 Å². The summed E-state index contributed by atoms with van der Waals surface area (Å²) in [6, 6.07) is 0.222. The van der Waals surface area contributed by atoms with Crippen molar-refractivity contribution in [2.45, 2.75) is 39.2 Å². The van der Waals surface area contributed by atoms with Crippen molar-refractivity contribution in [2.75, 3.05) is 69.7 Å². The minimum atomic E-state index is 0.222. The van der Waals surface area contributed by atoms with Gasteiger partial charge in [-0.2, -0.15) is 0 Å². The fourth-order valence-electron chi connectivity index (χ4n) is 4.22. The first-order valence-corrected chi connectivity index (χ1v) is 11.4. The number of rotatable bonds is 10. The molecule has 31 heavy (non-hydrogen) atoms. The second-order valence-electron chi connectivity index (χ2n) is 8.44. The third-order valence-electron chi connectivity index (χ3n) is 5.88. The standard InChI is InChI=1S/C21H34N8O2/c1-16(2)29-20-18(26-21(29)23-7-10-27-11-13-31-14-12-27)19(24-15-25-20)22-6-4-9-28-8-3-5-17(28)30/h15-16H,3-14H2,1-2H3,(H,23,26)(H,22,24,25). The maximum absolute atomic E-state index is 11.8. The first-order valence-electron chi connectivity index (χ1n) is 11.4. The molecule has 0 bridgehead atoms. The number of likely N-dealkylation sites (tertiary alicyclic amines) is 1. The molecule has 0 aromatic carbocycles. The van der Waals surface area contributed by atoms with Gasteiger partial charge in [-0.25, -0.2) is 15.0 Å². The zero-order chi connectivity index (χ0) is 21.6. The maximum Gasteiger partial charge on any atom is 0.222 e. The van der Waals surface area contributed by atoms with E-state index in [0.29, 0.717) is 6.42 Å². The zero-order valence-corrected chi connectivity index (χ0v) is 18.6. The smallest absolute Gasteiger partial charge is 0.222 e. The Labute approximate surface area is 183 Å². The van der Waals surface area contributed by atoms with Gasteiger partial charge in [0.1, 0.15) is 6.33 Å². The highest BCUT2D eigenvalue weighted by atomic mass is 16.5. The molecule has 2 fully saturated rings. The van der Waals surface area contributed by atoms with Crippen molar-refractivity contribution in [3.05, 3.63) is 6.33 Å². The molecule has 2 aromatic rings. The lowest BCUT2D eigenvalue weighted by atomic mass is 10.3. The number of morpholine rings is 1. The molecule has 0 unspecified atom stereocenters. The lowest BCUT2D eigenvalue weighted by Crippen LogP contribution is -2.39. The Bertz CT molecular complexity index is 878. The predicted molar refractivity (Wildman–Crippen MR) is 120 cm³/mol. The van der Waals surface area contributed by atoms with Crippen molar-refractivity contribution >= 4 is 28.8 Å². The van der Waals surface area contributed by atoms with Gasteiger partial charge in [-0.3, -0.25) is 14.3 Å². The predicted octanol–water partition coefficient (Wildman–Crippen LogP) is 1.58. The minimum absolute atomic E-state index is 0.222. The zero-order valence-electron chi connectivity index (χ0n) is 18.6. The number of nitrogens with zero attached hydrogens (tertiary/aromatic N) is 6. The van der Waals surface area contributed by atoms with E-state index in [9.17, 15) is 4.79 Å². The molecule has 0 saturated carbocycles. The summed E-state index contributed by atoms with van der Waals surface area (Å²) in [6.45, 7) is 12.0. The van der Waals surface area contributed by atoms with Crippen LogP contribution in [0.15, 0.2) is 6.33 Å². The molecular formula is C21H34N8O2. The number of carbonyl (C=O) groups excluding carboxylic acids is 1. The van der Waals surface area contributed by atoms with Gasteiger partial charge in [0.05, 0.1) is 13.2 Å². The quantitative estimate of drug-likeness (QED) is 0.548. The average molecular weight is 431 g/mol. The van der Waals surface area contributed by atoms with E-state index in [1.54, 1.807) is 6.33 Å². The molecule has 2 N–H and O–H groups in total. The lowest BCUT2D eigenvalue weighted by Gasteiger charge is -2.26. The van der Waals surface area contributed by atoms with E-state index in [0.717, 1.165) is 94.8 Å². The van der Waals surface area contributed by atoms with Crippen LogP contribution in [0, 0.1) is 0 Å². The molecule has 0 radical (unpaired) electrons. The van der Waals surface area contributed by atoms with Gasteiger partial charge in [-0.1, -0.05) is 0 Å². The molecule has 0 aliphatic carbocycles. The van der Waals surface area contributed by atoms with Crippen LogP contribution in [0.2, 0.25) is 0 Å². The van der Waals surface area contributed by atoms with E-state index < -0.39 is 0 Å². The van der Waals surface area contributed by atoms with Crippen LogP contribution in [0.4, 0.5) is 11.8 Å². The number of hydrogen-bond donors (Lipinski definition) is 2. The molecule has 4 rings (SSSR count). The summed E-state index contributed by atoms with van der Waals surface area (Å²) in [6.07, 6.45) is 4.14. The summed E-state index contributed by atoms with van der Waals surface area (Å²) in [5, 5.41) is 6.90. The molecule has 0 atom stereocenters. The first-order chi connectivity index (χ1) is 15.1. The van der Waals surface area contributed by atoms with E-state index in [2.05, 4.69) is 43.9 Å². The number of fused-ring (bicyclic) bond motifs is 1. The molecule has 2 aliphatic rings. The van der Waals surface area contributed by atoms with Gasteiger partial charge in [0.2, 0.25) is 11.9 Å². The minimum Gasteiger partial charge on any atom is -0.379 e. The van der Waals surface area contributed by atoms with Crippen LogP contribution >= 0.6 is 0 Å². The largest absolute Gasteiger partial charge is 0.379 e. The Morgan fingerprint density at radius 1 is 1.10 bits per heavy atom. The number of amides is 1. The Kier molecular flexibility index (Phi) is 7.18. The summed E-state index contributed by atoms with van der Waals surface area (Å²) in [5.41, 5.74) is 1.61.